The van der Waals surface area contributed by atoms with Crippen molar-refractivity contribution in [2.45, 2.75) is 43.6 Å². The van der Waals surface area contributed by atoms with Crippen LogP contribution in [0.4, 0.5) is 0 Å². The first-order chi connectivity index (χ1) is 7.58. The van der Waals surface area contributed by atoms with Gasteiger partial charge >= 0.3 is 0 Å². The smallest absolute Gasteiger partial charge is 0.158 e. The molecular formula is C11H16N2O2S. The van der Waals surface area contributed by atoms with E-state index in [-0.39, 0.29) is 11.0 Å². The zero-order valence-corrected chi connectivity index (χ0v) is 10.2. The van der Waals surface area contributed by atoms with Gasteiger partial charge in [-0.3, -0.25) is 9.97 Å². The van der Waals surface area contributed by atoms with Crippen LogP contribution < -0.4 is 0 Å². The summed E-state index contributed by atoms with van der Waals surface area (Å²) in [6, 6.07) is 0. The topological polar surface area (TPSA) is 59.9 Å². The highest BCUT2D eigenvalue weighted by Gasteiger charge is 2.29. The summed E-state index contributed by atoms with van der Waals surface area (Å²) in [5.41, 5.74) is 1.36. The molecule has 0 spiro atoms. The van der Waals surface area contributed by atoms with Crippen LogP contribution in [-0.4, -0.2) is 23.6 Å². The Balaban J connectivity index is 2.11. The van der Waals surface area contributed by atoms with E-state index in [1.807, 2.05) is 6.92 Å². The predicted molar refractivity (Wildman–Crippen MR) is 61.6 cm³/mol. The number of hydrogen-bond donors (Lipinski definition) is 0. The van der Waals surface area contributed by atoms with E-state index in [1.54, 1.807) is 12.4 Å². The fraction of sp³-hybridized carbons (Fsp3) is 0.636. The average Bonchev–Trinajstić information content (AvgIpc) is 2.75. The van der Waals surface area contributed by atoms with E-state index in [2.05, 4.69) is 9.97 Å². The van der Waals surface area contributed by atoms with Crippen molar-refractivity contribution in [1.29, 1.82) is 0 Å². The number of aromatic nitrogens is 2. The Bertz CT molecular complexity index is 447. The van der Waals surface area contributed by atoms with Crippen LogP contribution in [0.2, 0.25) is 0 Å². The van der Waals surface area contributed by atoms with E-state index in [1.165, 1.54) is 0 Å². The molecule has 1 fully saturated rings. The van der Waals surface area contributed by atoms with Crippen LogP contribution in [0.15, 0.2) is 12.4 Å². The maximum Gasteiger partial charge on any atom is 0.158 e. The van der Waals surface area contributed by atoms with Gasteiger partial charge in [0.25, 0.3) is 0 Å². The summed E-state index contributed by atoms with van der Waals surface area (Å²) in [5, 5.41) is -0.157. The van der Waals surface area contributed by atoms with E-state index in [4.69, 9.17) is 0 Å². The molecule has 0 N–H and O–H groups in total. The van der Waals surface area contributed by atoms with Crippen molar-refractivity contribution >= 4 is 9.84 Å². The lowest BCUT2D eigenvalue weighted by atomic mass is 10.4. The molecule has 2 rings (SSSR count). The summed E-state index contributed by atoms with van der Waals surface area (Å²) in [4.78, 5) is 8.16. The summed E-state index contributed by atoms with van der Waals surface area (Å²) < 4.78 is 24.0. The Kier molecular flexibility index (Phi) is 3.23. The zero-order valence-electron chi connectivity index (χ0n) is 9.39. The number of nitrogens with zero attached hydrogens (tertiary/aromatic N) is 2. The third-order valence-electron chi connectivity index (χ3n) is 2.99. The van der Waals surface area contributed by atoms with Crippen molar-refractivity contribution in [3.8, 4) is 0 Å². The molecule has 1 heterocycles. The molecule has 5 heteroatoms. The van der Waals surface area contributed by atoms with E-state index in [9.17, 15) is 8.42 Å². The lowest BCUT2D eigenvalue weighted by molar-refractivity contribution is 0.578. The van der Waals surface area contributed by atoms with Crippen molar-refractivity contribution in [2.24, 2.45) is 0 Å². The van der Waals surface area contributed by atoms with Gasteiger partial charge in [-0.05, 0) is 19.8 Å². The van der Waals surface area contributed by atoms with E-state index >= 15 is 0 Å². The van der Waals surface area contributed by atoms with Crippen LogP contribution in [0.3, 0.4) is 0 Å². The normalized spacial score (nSPS) is 17.8. The van der Waals surface area contributed by atoms with Crippen molar-refractivity contribution in [3.05, 3.63) is 23.8 Å². The molecule has 0 aromatic carbocycles. The Morgan fingerprint density at radius 1 is 1.25 bits per heavy atom. The van der Waals surface area contributed by atoms with Crippen LogP contribution in [-0.2, 0) is 15.6 Å². The molecule has 0 amide bonds. The second-order valence-corrected chi connectivity index (χ2v) is 6.64. The minimum absolute atomic E-state index is 0.0327. The van der Waals surface area contributed by atoms with Crippen LogP contribution in [0, 0.1) is 6.92 Å². The van der Waals surface area contributed by atoms with Crippen molar-refractivity contribution in [2.75, 3.05) is 0 Å². The minimum atomic E-state index is -3.03. The summed E-state index contributed by atoms with van der Waals surface area (Å²) in [6.07, 6.45) is 6.84. The van der Waals surface area contributed by atoms with Gasteiger partial charge in [0.15, 0.2) is 9.84 Å². The lowest BCUT2D eigenvalue weighted by Crippen LogP contribution is -2.20. The molecule has 4 nitrogen and oxygen atoms in total. The fourth-order valence-corrected chi connectivity index (χ4v) is 3.91. The van der Waals surface area contributed by atoms with Crippen LogP contribution in [0.25, 0.3) is 0 Å². The molecule has 0 unspecified atom stereocenters. The molecule has 1 aliphatic carbocycles. The third-order valence-corrected chi connectivity index (χ3v) is 5.18. The first kappa shape index (κ1) is 11.5. The largest absolute Gasteiger partial charge is 0.258 e. The van der Waals surface area contributed by atoms with Crippen LogP contribution in [0.1, 0.15) is 37.1 Å². The third kappa shape index (κ3) is 2.58. The van der Waals surface area contributed by atoms with Gasteiger partial charge in [-0.15, -0.1) is 0 Å². The van der Waals surface area contributed by atoms with Gasteiger partial charge in [-0.2, -0.15) is 0 Å². The lowest BCUT2D eigenvalue weighted by Gasteiger charge is -2.10. The summed E-state index contributed by atoms with van der Waals surface area (Å²) in [7, 11) is -3.03. The van der Waals surface area contributed by atoms with Crippen molar-refractivity contribution in [3.63, 3.8) is 0 Å². The van der Waals surface area contributed by atoms with Crippen molar-refractivity contribution < 1.29 is 8.42 Å². The van der Waals surface area contributed by atoms with Gasteiger partial charge in [0, 0.05) is 12.4 Å². The molecule has 16 heavy (non-hydrogen) atoms. The zero-order chi connectivity index (χ0) is 11.6. The fourth-order valence-electron chi connectivity index (χ4n) is 2.07. The van der Waals surface area contributed by atoms with Gasteiger partial charge in [0.1, 0.15) is 0 Å². The minimum Gasteiger partial charge on any atom is -0.258 e. The molecule has 1 aliphatic rings. The molecular weight excluding hydrogens is 224 g/mol. The molecule has 0 aliphatic heterocycles. The highest BCUT2D eigenvalue weighted by molar-refractivity contribution is 7.91. The molecule has 0 bridgehead atoms. The summed E-state index contributed by atoms with van der Waals surface area (Å²) in [6.45, 7) is 1.84. The summed E-state index contributed by atoms with van der Waals surface area (Å²) in [5.74, 6) is 0.0327. The highest BCUT2D eigenvalue weighted by Crippen LogP contribution is 2.26. The Morgan fingerprint density at radius 3 is 2.50 bits per heavy atom. The van der Waals surface area contributed by atoms with Crippen LogP contribution in [0.5, 0.6) is 0 Å². The molecule has 1 aromatic heterocycles. The SMILES string of the molecule is Cc1cnc(CS(=O)(=O)C2CCCC2)cn1. The Morgan fingerprint density at radius 2 is 1.94 bits per heavy atom. The quantitative estimate of drug-likeness (QED) is 0.806. The van der Waals surface area contributed by atoms with Gasteiger partial charge in [0.05, 0.1) is 22.4 Å². The van der Waals surface area contributed by atoms with Crippen LogP contribution >= 0.6 is 0 Å². The van der Waals surface area contributed by atoms with Gasteiger partial charge in [-0.1, -0.05) is 12.8 Å². The van der Waals surface area contributed by atoms with E-state index < -0.39 is 9.84 Å². The number of rotatable bonds is 3. The maximum absolute atomic E-state index is 12.0. The predicted octanol–water partition coefficient (Wildman–Crippen LogP) is 1.64. The van der Waals surface area contributed by atoms with E-state index in [0.717, 1.165) is 31.4 Å². The van der Waals surface area contributed by atoms with Gasteiger partial charge in [-0.25, -0.2) is 8.42 Å². The number of sulfone groups is 1. The number of hydrogen-bond acceptors (Lipinski definition) is 4. The second-order valence-electron chi connectivity index (χ2n) is 4.36. The molecule has 88 valence electrons. The van der Waals surface area contributed by atoms with E-state index in [0.29, 0.717) is 5.69 Å². The second kappa shape index (κ2) is 4.49. The average molecular weight is 240 g/mol. The first-order valence-corrected chi connectivity index (χ1v) is 7.28. The maximum atomic E-state index is 12.0. The monoisotopic (exact) mass is 240 g/mol. The molecule has 0 saturated heterocycles. The number of aryl methyl sites for hydroxylation is 1. The van der Waals surface area contributed by atoms with Crippen molar-refractivity contribution in [1.82, 2.24) is 9.97 Å². The molecule has 1 saturated carbocycles. The standard InChI is InChI=1S/C11H16N2O2S/c1-9-6-13-10(7-12-9)8-16(14,15)11-4-2-3-5-11/h6-7,11H,2-5,8H2,1H3. The first-order valence-electron chi connectivity index (χ1n) is 5.57. The summed E-state index contributed by atoms with van der Waals surface area (Å²) >= 11 is 0. The molecule has 0 radical (unpaired) electrons. The highest BCUT2D eigenvalue weighted by atomic mass is 32.2. The Labute approximate surface area is 96.0 Å². The molecule has 0 atom stereocenters. The Hall–Kier alpha value is -0.970. The van der Waals surface area contributed by atoms with Gasteiger partial charge in [0.2, 0.25) is 0 Å². The van der Waals surface area contributed by atoms with Gasteiger partial charge < -0.3 is 0 Å². The molecule has 1 aromatic rings.